The summed E-state index contributed by atoms with van der Waals surface area (Å²) >= 11 is 0. The van der Waals surface area contributed by atoms with Gasteiger partial charge in [0.2, 0.25) is 0 Å². The van der Waals surface area contributed by atoms with Gasteiger partial charge >= 0.3 is 5.97 Å². The predicted octanol–water partition coefficient (Wildman–Crippen LogP) is 2.11. The van der Waals surface area contributed by atoms with E-state index in [1.807, 2.05) is 0 Å². The molecule has 1 aromatic carbocycles. The lowest BCUT2D eigenvalue weighted by Gasteiger charge is -2.35. The van der Waals surface area contributed by atoms with Crippen molar-refractivity contribution in [1.29, 1.82) is 0 Å². The van der Waals surface area contributed by atoms with E-state index in [2.05, 4.69) is 65.1 Å². The number of morpholine rings is 1. The smallest absolute Gasteiger partial charge is 0.310 e. The zero-order chi connectivity index (χ0) is 21.7. The van der Waals surface area contributed by atoms with Crippen molar-refractivity contribution in [2.75, 3.05) is 40.3 Å². The first-order chi connectivity index (χ1) is 14.4. The van der Waals surface area contributed by atoms with Crippen LogP contribution >= 0.6 is 0 Å². The van der Waals surface area contributed by atoms with Gasteiger partial charge in [-0.15, -0.1) is 0 Å². The van der Waals surface area contributed by atoms with Crippen LogP contribution in [0.5, 0.6) is 0 Å². The molecule has 0 spiro atoms. The highest BCUT2D eigenvalue weighted by Crippen LogP contribution is 2.24. The molecule has 0 saturated carbocycles. The Balaban J connectivity index is 1.51. The Morgan fingerprint density at radius 3 is 2.33 bits per heavy atom. The molecule has 3 rings (SSSR count). The Bertz CT molecular complexity index is 726. The number of nitrogens with one attached hydrogen (secondary N) is 1. The van der Waals surface area contributed by atoms with Crippen LogP contribution in [0.15, 0.2) is 29.3 Å². The van der Waals surface area contributed by atoms with Gasteiger partial charge in [-0.3, -0.25) is 14.7 Å². The molecule has 2 saturated heterocycles. The van der Waals surface area contributed by atoms with E-state index in [9.17, 15) is 4.79 Å². The maximum Gasteiger partial charge on any atom is 0.310 e. The van der Waals surface area contributed by atoms with Gasteiger partial charge in [-0.05, 0) is 30.9 Å². The van der Waals surface area contributed by atoms with Crippen LogP contribution < -0.4 is 5.32 Å². The van der Waals surface area contributed by atoms with Crippen LogP contribution in [-0.4, -0.2) is 74.3 Å². The van der Waals surface area contributed by atoms with E-state index in [0.717, 1.165) is 32.1 Å². The number of guanidine groups is 1. The molecule has 4 atom stereocenters. The number of esters is 1. The first kappa shape index (κ1) is 22.6. The van der Waals surface area contributed by atoms with Crippen molar-refractivity contribution in [2.24, 2.45) is 16.8 Å². The van der Waals surface area contributed by atoms with Gasteiger partial charge in [0, 0.05) is 46.3 Å². The molecule has 2 heterocycles. The summed E-state index contributed by atoms with van der Waals surface area (Å²) in [7, 11) is 3.24. The number of carbonyl (C=O) groups excluding carboxylic acids is 1. The standard InChI is InChI=1S/C23H36N4O3/c1-16-11-27(15-21(16)22(28)29-5)23(24-4)25-10-19-6-8-20(9-7-19)14-26-12-17(2)30-18(3)13-26/h6-9,16-18,21H,10-15H2,1-5H3,(H,24,25). The minimum absolute atomic E-state index is 0.0987. The van der Waals surface area contributed by atoms with Crippen molar-refractivity contribution < 1.29 is 14.3 Å². The molecule has 7 nitrogen and oxygen atoms in total. The SMILES string of the molecule is CN=C(NCc1ccc(CN2CC(C)OC(C)C2)cc1)N1CC(C)C(C(=O)OC)C1. The predicted molar refractivity (Wildman–Crippen MR) is 118 cm³/mol. The maximum absolute atomic E-state index is 12.0. The molecule has 2 fully saturated rings. The summed E-state index contributed by atoms with van der Waals surface area (Å²) in [4.78, 5) is 21.0. The zero-order valence-electron chi connectivity index (χ0n) is 18.9. The van der Waals surface area contributed by atoms with Gasteiger partial charge in [0.15, 0.2) is 5.96 Å². The minimum atomic E-state index is -0.139. The van der Waals surface area contributed by atoms with Gasteiger partial charge in [0.05, 0.1) is 25.2 Å². The molecule has 0 aliphatic carbocycles. The fourth-order valence-corrected chi connectivity index (χ4v) is 4.55. The largest absolute Gasteiger partial charge is 0.469 e. The number of rotatable bonds is 5. The van der Waals surface area contributed by atoms with Gasteiger partial charge in [-0.2, -0.15) is 0 Å². The molecule has 166 valence electrons. The summed E-state index contributed by atoms with van der Waals surface area (Å²) in [6.07, 6.45) is 0.576. The molecule has 30 heavy (non-hydrogen) atoms. The first-order valence-corrected chi connectivity index (χ1v) is 10.9. The number of ether oxygens (including phenoxy) is 2. The van der Waals surface area contributed by atoms with Crippen molar-refractivity contribution in [3.05, 3.63) is 35.4 Å². The van der Waals surface area contributed by atoms with Crippen LogP contribution in [0.2, 0.25) is 0 Å². The number of hydrogen-bond donors (Lipinski definition) is 1. The first-order valence-electron chi connectivity index (χ1n) is 10.9. The van der Waals surface area contributed by atoms with Gasteiger partial charge in [0.1, 0.15) is 0 Å². The molecular formula is C23H36N4O3. The third-order valence-corrected chi connectivity index (χ3v) is 6.00. The number of nitrogens with zero attached hydrogens (tertiary/aromatic N) is 3. The molecule has 2 aliphatic rings. The van der Waals surface area contributed by atoms with E-state index < -0.39 is 0 Å². The highest BCUT2D eigenvalue weighted by Gasteiger charge is 2.36. The number of benzene rings is 1. The average molecular weight is 417 g/mol. The highest BCUT2D eigenvalue weighted by molar-refractivity contribution is 5.82. The van der Waals surface area contributed by atoms with Crippen molar-refractivity contribution >= 4 is 11.9 Å². The van der Waals surface area contributed by atoms with Crippen LogP contribution in [0.4, 0.5) is 0 Å². The quantitative estimate of drug-likeness (QED) is 0.451. The molecule has 0 bridgehead atoms. The molecule has 0 radical (unpaired) electrons. The summed E-state index contributed by atoms with van der Waals surface area (Å²) in [5.74, 6) is 0.841. The number of carbonyl (C=O) groups is 1. The lowest BCUT2D eigenvalue weighted by atomic mass is 9.99. The summed E-state index contributed by atoms with van der Waals surface area (Å²) in [5.41, 5.74) is 2.53. The van der Waals surface area contributed by atoms with Crippen molar-refractivity contribution in [3.63, 3.8) is 0 Å². The summed E-state index contributed by atoms with van der Waals surface area (Å²) in [6, 6.07) is 8.76. The molecular weight excluding hydrogens is 380 g/mol. The van der Waals surface area contributed by atoms with Gasteiger partial charge < -0.3 is 19.7 Å². The number of likely N-dealkylation sites (tertiary alicyclic amines) is 1. The fourth-order valence-electron chi connectivity index (χ4n) is 4.55. The molecule has 2 aliphatic heterocycles. The van der Waals surface area contributed by atoms with E-state index in [0.29, 0.717) is 13.1 Å². The average Bonchev–Trinajstić information content (AvgIpc) is 3.10. The van der Waals surface area contributed by atoms with Crippen LogP contribution in [0.25, 0.3) is 0 Å². The summed E-state index contributed by atoms with van der Waals surface area (Å²) in [5, 5.41) is 3.44. The number of methoxy groups -OCH3 is 1. The van der Waals surface area contributed by atoms with Crippen molar-refractivity contribution in [1.82, 2.24) is 15.1 Å². The molecule has 0 amide bonds. The molecule has 0 aromatic heterocycles. The highest BCUT2D eigenvalue weighted by atomic mass is 16.5. The fraction of sp³-hybridized carbons (Fsp3) is 0.652. The Labute approximate surface area is 180 Å². The lowest BCUT2D eigenvalue weighted by molar-refractivity contribution is -0.145. The van der Waals surface area contributed by atoms with E-state index in [1.165, 1.54) is 18.2 Å². The third kappa shape index (κ3) is 5.73. The summed E-state index contributed by atoms with van der Waals surface area (Å²) < 4.78 is 10.8. The summed E-state index contributed by atoms with van der Waals surface area (Å²) in [6.45, 7) is 11.4. The van der Waals surface area contributed by atoms with E-state index >= 15 is 0 Å². The lowest BCUT2D eigenvalue weighted by Crippen LogP contribution is -2.44. The number of hydrogen-bond acceptors (Lipinski definition) is 5. The second-order valence-corrected chi connectivity index (χ2v) is 8.68. The monoisotopic (exact) mass is 416 g/mol. The number of aliphatic imine (C=N–C) groups is 1. The topological polar surface area (TPSA) is 66.4 Å². The van der Waals surface area contributed by atoms with Crippen molar-refractivity contribution in [2.45, 2.75) is 46.1 Å². The van der Waals surface area contributed by atoms with E-state index in [4.69, 9.17) is 9.47 Å². The van der Waals surface area contributed by atoms with Crippen LogP contribution in [0.1, 0.15) is 31.9 Å². The van der Waals surface area contributed by atoms with E-state index in [1.54, 1.807) is 7.05 Å². The Morgan fingerprint density at radius 2 is 1.73 bits per heavy atom. The molecule has 1 N–H and O–H groups in total. The normalized spacial score (nSPS) is 27.9. The minimum Gasteiger partial charge on any atom is -0.469 e. The van der Waals surface area contributed by atoms with E-state index in [-0.39, 0.29) is 30.0 Å². The second-order valence-electron chi connectivity index (χ2n) is 8.68. The van der Waals surface area contributed by atoms with Gasteiger partial charge in [0.25, 0.3) is 0 Å². The van der Waals surface area contributed by atoms with Crippen LogP contribution in [-0.2, 0) is 27.4 Å². The van der Waals surface area contributed by atoms with Crippen LogP contribution in [0, 0.1) is 11.8 Å². The van der Waals surface area contributed by atoms with Gasteiger partial charge in [-0.25, -0.2) is 0 Å². The Morgan fingerprint density at radius 1 is 1.10 bits per heavy atom. The maximum atomic E-state index is 12.0. The molecule has 1 aromatic rings. The molecule has 4 unspecified atom stereocenters. The third-order valence-electron chi connectivity index (χ3n) is 6.00. The zero-order valence-corrected chi connectivity index (χ0v) is 18.9. The molecule has 7 heteroatoms. The van der Waals surface area contributed by atoms with Crippen LogP contribution in [0.3, 0.4) is 0 Å². The second kappa shape index (κ2) is 10.3. The van der Waals surface area contributed by atoms with Crippen molar-refractivity contribution in [3.8, 4) is 0 Å². The Hall–Kier alpha value is -2.12. The Kier molecular flexibility index (Phi) is 7.72. The van der Waals surface area contributed by atoms with Gasteiger partial charge in [-0.1, -0.05) is 31.2 Å².